The number of hydrogen-bond acceptors (Lipinski definition) is 4. The number of piperazine rings is 1. The van der Waals surface area contributed by atoms with Crippen molar-refractivity contribution in [3.8, 4) is 0 Å². The van der Waals surface area contributed by atoms with E-state index in [4.69, 9.17) is 5.11 Å². The number of nitrogens with one attached hydrogen (secondary N) is 1. The van der Waals surface area contributed by atoms with Crippen molar-refractivity contribution in [2.45, 2.75) is 32.4 Å². The van der Waals surface area contributed by atoms with Gasteiger partial charge in [0.05, 0.1) is 0 Å². The van der Waals surface area contributed by atoms with Crippen molar-refractivity contribution in [1.82, 2.24) is 15.1 Å². The summed E-state index contributed by atoms with van der Waals surface area (Å²) in [6.07, 6.45) is 0.846. The van der Waals surface area contributed by atoms with Crippen LogP contribution in [0.1, 0.15) is 20.3 Å². The number of hydrogen-bond donors (Lipinski definition) is 2. The molecular formula is C12H27N3O. The molecule has 0 aromatic carbocycles. The van der Waals surface area contributed by atoms with Crippen LogP contribution in [0.3, 0.4) is 0 Å². The number of nitrogens with zero attached hydrogens (tertiary/aromatic N) is 2. The van der Waals surface area contributed by atoms with E-state index in [-0.39, 0.29) is 6.61 Å². The molecule has 0 saturated carbocycles. The number of rotatable bonds is 6. The molecular weight excluding hydrogens is 202 g/mol. The van der Waals surface area contributed by atoms with E-state index in [0.29, 0.717) is 12.1 Å². The third-order valence-corrected chi connectivity index (χ3v) is 3.62. The van der Waals surface area contributed by atoms with Gasteiger partial charge in [0.15, 0.2) is 0 Å². The van der Waals surface area contributed by atoms with Crippen LogP contribution in [0.25, 0.3) is 0 Å². The SMILES string of the molecule is CCN1CCN(CC(CCO)NC)CC1C. The Balaban J connectivity index is 2.33. The van der Waals surface area contributed by atoms with Crippen molar-refractivity contribution in [3.05, 3.63) is 0 Å². The maximum Gasteiger partial charge on any atom is 0.0446 e. The molecule has 0 bridgehead atoms. The van der Waals surface area contributed by atoms with Crippen molar-refractivity contribution in [2.24, 2.45) is 0 Å². The topological polar surface area (TPSA) is 38.7 Å². The first-order valence-corrected chi connectivity index (χ1v) is 6.45. The first-order valence-electron chi connectivity index (χ1n) is 6.45. The number of aliphatic hydroxyl groups excluding tert-OH is 1. The summed E-state index contributed by atoms with van der Waals surface area (Å²) in [6, 6.07) is 1.08. The summed E-state index contributed by atoms with van der Waals surface area (Å²) >= 11 is 0. The lowest BCUT2D eigenvalue weighted by Gasteiger charge is -2.40. The number of aliphatic hydroxyl groups is 1. The summed E-state index contributed by atoms with van der Waals surface area (Å²) in [4.78, 5) is 5.03. The normalized spacial score (nSPS) is 25.9. The van der Waals surface area contributed by atoms with Gasteiger partial charge < -0.3 is 10.4 Å². The largest absolute Gasteiger partial charge is 0.396 e. The summed E-state index contributed by atoms with van der Waals surface area (Å²) in [5.74, 6) is 0. The lowest BCUT2D eigenvalue weighted by Crippen LogP contribution is -2.54. The Hall–Kier alpha value is -0.160. The van der Waals surface area contributed by atoms with E-state index in [2.05, 4.69) is 29.0 Å². The van der Waals surface area contributed by atoms with E-state index in [0.717, 1.165) is 32.6 Å². The Morgan fingerprint density at radius 1 is 1.44 bits per heavy atom. The highest BCUT2D eigenvalue weighted by atomic mass is 16.3. The molecule has 2 N–H and O–H groups in total. The maximum absolute atomic E-state index is 8.96. The first kappa shape index (κ1) is 13.9. The van der Waals surface area contributed by atoms with Gasteiger partial charge in [-0.15, -0.1) is 0 Å². The van der Waals surface area contributed by atoms with Crippen molar-refractivity contribution in [1.29, 1.82) is 0 Å². The molecule has 0 radical (unpaired) electrons. The van der Waals surface area contributed by atoms with Crippen LogP contribution in [0, 0.1) is 0 Å². The molecule has 1 heterocycles. The van der Waals surface area contributed by atoms with Crippen molar-refractivity contribution in [2.75, 3.05) is 46.4 Å². The van der Waals surface area contributed by atoms with Crippen LogP contribution in [0.4, 0.5) is 0 Å². The van der Waals surface area contributed by atoms with Gasteiger partial charge in [0.1, 0.15) is 0 Å². The van der Waals surface area contributed by atoms with Gasteiger partial charge >= 0.3 is 0 Å². The quantitative estimate of drug-likeness (QED) is 0.671. The van der Waals surface area contributed by atoms with Crippen molar-refractivity contribution < 1.29 is 5.11 Å². The lowest BCUT2D eigenvalue weighted by atomic mass is 10.1. The molecule has 2 unspecified atom stereocenters. The molecule has 1 rings (SSSR count). The lowest BCUT2D eigenvalue weighted by molar-refractivity contribution is 0.0793. The van der Waals surface area contributed by atoms with E-state index in [9.17, 15) is 0 Å². The maximum atomic E-state index is 8.96. The van der Waals surface area contributed by atoms with Gasteiger partial charge in [-0.2, -0.15) is 0 Å². The molecule has 4 nitrogen and oxygen atoms in total. The van der Waals surface area contributed by atoms with E-state index in [1.165, 1.54) is 6.54 Å². The highest BCUT2D eigenvalue weighted by Gasteiger charge is 2.23. The fourth-order valence-electron chi connectivity index (χ4n) is 2.50. The minimum absolute atomic E-state index is 0.274. The van der Waals surface area contributed by atoms with Crippen LogP contribution in [0.15, 0.2) is 0 Å². The molecule has 0 spiro atoms. The molecule has 2 atom stereocenters. The highest BCUT2D eigenvalue weighted by Crippen LogP contribution is 2.09. The Labute approximate surface area is 99.6 Å². The fraction of sp³-hybridized carbons (Fsp3) is 1.00. The summed E-state index contributed by atoms with van der Waals surface area (Å²) in [5.41, 5.74) is 0. The zero-order chi connectivity index (χ0) is 12.0. The van der Waals surface area contributed by atoms with Gasteiger partial charge in [-0.05, 0) is 26.9 Å². The van der Waals surface area contributed by atoms with Crippen LogP contribution < -0.4 is 5.32 Å². The van der Waals surface area contributed by atoms with Crippen LogP contribution in [0.5, 0.6) is 0 Å². The Morgan fingerprint density at radius 3 is 2.69 bits per heavy atom. The van der Waals surface area contributed by atoms with E-state index in [1.54, 1.807) is 0 Å². The van der Waals surface area contributed by atoms with Crippen molar-refractivity contribution in [3.63, 3.8) is 0 Å². The second-order valence-electron chi connectivity index (χ2n) is 4.74. The van der Waals surface area contributed by atoms with Gasteiger partial charge in [-0.25, -0.2) is 0 Å². The summed E-state index contributed by atoms with van der Waals surface area (Å²) in [5, 5.41) is 12.2. The molecule has 0 aromatic rings. The highest BCUT2D eigenvalue weighted by molar-refractivity contribution is 4.81. The third-order valence-electron chi connectivity index (χ3n) is 3.62. The minimum atomic E-state index is 0.274. The molecule has 0 aliphatic carbocycles. The molecule has 1 aliphatic rings. The third kappa shape index (κ3) is 4.01. The molecule has 16 heavy (non-hydrogen) atoms. The molecule has 4 heteroatoms. The zero-order valence-electron chi connectivity index (χ0n) is 10.9. The summed E-state index contributed by atoms with van der Waals surface area (Å²) in [7, 11) is 1.98. The molecule has 0 amide bonds. The average molecular weight is 229 g/mol. The average Bonchev–Trinajstić information content (AvgIpc) is 2.28. The second-order valence-corrected chi connectivity index (χ2v) is 4.74. The summed E-state index contributed by atoms with van der Waals surface area (Å²) < 4.78 is 0. The minimum Gasteiger partial charge on any atom is -0.396 e. The second kappa shape index (κ2) is 7.22. The number of likely N-dealkylation sites (N-methyl/N-ethyl adjacent to an activating group) is 2. The first-order chi connectivity index (χ1) is 7.71. The Morgan fingerprint density at radius 2 is 2.19 bits per heavy atom. The Bertz CT molecular complexity index is 189. The van der Waals surface area contributed by atoms with Crippen molar-refractivity contribution >= 4 is 0 Å². The molecule has 0 aromatic heterocycles. The fourth-order valence-corrected chi connectivity index (χ4v) is 2.50. The summed E-state index contributed by atoms with van der Waals surface area (Å²) in [6.45, 7) is 10.5. The molecule has 1 fully saturated rings. The van der Waals surface area contributed by atoms with Gasteiger partial charge in [-0.3, -0.25) is 9.80 Å². The molecule has 1 saturated heterocycles. The molecule has 1 aliphatic heterocycles. The molecule has 96 valence electrons. The van der Waals surface area contributed by atoms with Gasteiger partial charge in [0.25, 0.3) is 0 Å². The van der Waals surface area contributed by atoms with Gasteiger partial charge in [0.2, 0.25) is 0 Å². The van der Waals surface area contributed by atoms with Gasteiger partial charge in [0, 0.05) is 44.9 Å². The smallest absolute Gasteiger partial charge is 0.0446 e. The van der Waals surface area contributed by atoms with E-state index in [1.807, 2.05) is 7.05 Å². The standard InChI is InChI=1S/C12H27N3O/c1-4-15-7-6-14(9-11(15)2)10-12(13-3)5-8-16/h11-13,16H,4-10H2,1-3H3. The monoisotopic (exact) mass is 229 g/mol. The van der Waals surface area contributed by atoms with E-state index >= 15 is 0 Å². The van der Waals surface area contributed by atoms with Crippen LogP contribution in [-0.4, -0.2) is 73.4 Å². The predicted molar refractivity (Wildman–Crippen MR) is 67.7 cm³/mol. The van der Waals surface area contributed by atoms with Crippen LogP contribution in [0.2, 0.25) is 0 Å². The van der Waals surface area contributed by atoms with E-state index < -0.39 is 0 Å². The van der Waals surface area contributed by atoms with Crippen LogP contribution in [-0.2, 0) is 0 Å². The zero-order valence-corrected chi connectivity index (χ0v) is 10.9. The Kier molecular flexibility index (Phi) is 6.28. The van der Waals surface area contributed by atoms with Gasteiger partial charge in [-0.1, -0.05) is 6.92 Å². The van der Waals surface area contributed by atoms with Crippen LogP contribution >= 0.6 is 0 Å². The predicted octanol–water partition coefficient (Wildman–Crippen LogP) is -0.0172.